The van der Waals surface area contributed by atoms with Crippen LogP contribution in [0, 0.1) is 20.8 Å². The van der Waals surface area contributed by atoms with Crippen molar-refractivity contribution in [3.05, 3.63) is 58.7 Å². The smallest absolute Gasteiger partial charge is 0.416 e. The molecule has 2 amide bonds. The lowest BCUT2D eigenvalue weighted by molar-refractivity contribution is -0.137. The molecule has 0 saturated heterocycles. The van der Waals surface area contributed by atoms with Gasteiger partial charge < -0.3 is 15.4 Å². The van der Waals surface area contributed by atoms with E-state index in [1.54, 1.807) is 0 Å². The zero-order valence-corrected chi connectivity index (χ0v) is 15.7. The first-order valence-corrected chi connectivity index (χ1v) is 8.50. The Labute approximate surface area is 160 Å². The number of carbonyl (C=O) groups excluding carboxylic acids is 2. The molecule has 5 nitrogen and oxygen atoms in total. The van der Waals surface area contributed by atoms with Crippen molar-refractivity contribution in [2.45, 2.75) is 26.9 Å². The minimum atomic E-state index is -4.49. The predicted octanol–water partition coefficient (Wildman–Crippen LogP) is 3.76. The number of nitrogens with one attached hydrogen (secondary N) is 2. The number of aryl methyl sites for hydroxylation is 3. The summed E-state index contributed by atoms with van der Waals surface area (Å²) in [7, 11) is 0. The van der Waals surface area contributed by atoms with Crippen LogP contribution in [0.15, 0.2) is 36.4 Å². The van der Waals surface area contributed by atoms with Crippen LogP contribution in [-0.2, 0) is 15.8 Å². The Morgan fingerprint density at radius 3 is 2.25 bits per heavy atom. The normalized spacial score (nSPS) is 11.1. The Kier molecular flexibility index (Phi) is 6.66. The molecule has 2 N–H and O–H groups in total. The van der Waals surface area contributed by atoms with Crippen LogP contribution in [0.1, 0.15) is 22.3 Å². The van der Waals surface area contributed by atoms with E-state index in [-0.39, 0.29) is 12.3 Å². The summed E-state index contributed by atoms with van der Waals surface area (Å²) >= 11 is 0. The third-order valence-electron chi connectivity index (χ3n) is 3.92. The van der Waals surface area contributed by atoms with Gasteiger partial charge in [0.2, 0.25) is 5.91 Å². The SMILES string of the molecule is Cc1cc(C)c(NC(=O)CNC(=O)COc2cccc(C(F)(F)F)c2)c(C)c1. The van der Waals surface area contributed by atoms with Gasteiger partial charge in [0.25, 0.3) is 5.91 Å². The minimum Gasteiger partial charge on any atom is -0.484 e. The first-order valence-electron chi connectivity index (χ1n) is 8.50. The summed E-state index contributed by atoms with van der Waals surface area (Å²) < 4.78 is 43.0. The molecule has 150 valence electrons. The number of rotatable bonds is 6. The molecule has 0 bridgehead atoms. The van der Waals surface area contributed by atoms with Gasteiger partial charge in [0, 0.05) is 5.69 Å². The lowest BCUT2D eigenvalue weighted by Gasteiger charge is -2.13. The maximum absolute atomic E-state index is 12.7. The Hall–Kier alpha value is -3.03. The van der Waals surface area contributed by atoms with Crippen molar-refractivity contribution in [1.29, 1.82) is 0 Å². The molecule has 0 atom stereocenters. The third kappa shape index (κ3) is 6.00. The highest BCUT2D eigenvalue weighted by atomic mass is 19.4. The van der Waals surface area contributed by atoms with Gasteiger partial charge in [0.05, 0.1) is 12.1 Å². The number of ether oxygens (including phenoxy) is 1. The van der Waals surface area contributed by atoms with Gasteiger partial charge in [0.15, 0.2) is 6.61 Å². The van der Waals surface area contributed by atoms with Crippen LogP contribution in [0.5, 0.6) is 5.75 Å². The van der Waals surface area contributed by atoms with Gasteiger partial charge in [-0.15, -0.1) is 0 Å². The van der Waals surface area contributed by atoms with Crippen molar-refractivity contribution in [1.82, 2.24) is 5.32 Å². The van der Waals surface area contributed by atoms with E-state index in [2.05, 4.69) is 10.6 Å². The molecule has 0 spiro atoms. The van der Waals surface area contributed by atoms with E-state index in [0.29, 0.717) is 5.69 Å². The highest BCUT2D eigenvalue weighted by Gasteiger charge is 2.30. The van der Waals surface area contributed by atoms with E-state index in [4.69, 9.17) is 4.74 Å². The van der Waals surface area contributed by atoms with Crippen LogP contribution < -0.4 is 15.4 Å². The monoisotopic (exact) mass is 394 g/mol. The van der Waals surface area contributed by atoms with Gasteiger partial charge >= 0.3 is 6.18 Å². The quantitative estimate of drug-likeness (QED) is 0.784. The first kappa shape index (κ1) is 21.3. The molecule has 2 aromatic rings. The number of benzene rings is 2. The molecule has 0 heterocycles. The topological polar surface area (TPSA) is 67.4 Å². The second kappa shape index (κ2) is 8.77. The van der Waals surface area contributed by atoms with Gasteiger partial charge in [0.1, 0.15) is 5.75 Å². The summed E-state index contributed by atoms with van der Waals surface area (Å²) in [4.78, 5) is 23.8. The standard InChI is InChI=1S/C20H21F3N2O3/c1-12-7-13(2)19(14(3)8-12)25-17(26)10-24-18(27)11-28-16-6-4-5-15(9-16)20(21,22)23/h4-9H,10-11H2,1-3H3,(H,24,27)(H,25,26). The highest BCUT2D eigenvalue weighted by molar-refractivity contribution is 5.95. The van der Waals surface area contributed by atoms with Gasteiger partial charge in [-0.1, -0.05) is 23.8 Å². The lowest BCUT2D eigenvalue weighted by Crippen LogP contribution is -2.36. The van der Waals surface area contributed by atoms with Gasteiger partial charge in [-0.25, -0.2) is 0 Å². The molecule has 0 aliphatic heterocycles. The molecule has 0 fully saturated rings. The van der Waals surface area contributed by atoms with Gasteiger partial charge in [-0.3, -0.25) is 9.59 Å². The van der Waals surface area contributed by atoms with E-state index in [1.165, 1.54) is 12.1 Å². The average Bonchev–Trinajstić information content (AvgIpc) is 2.60. The number of halogens is 3. The summed E-state index contributed by atoms with van der Waals surface area (Å²) in [5, 5.41) is 5.11. The van der Waals surface area contributed by atoms with Crippen LogP contribution in [0.3, 0.4) is 0 Å². The Morgan fingerprint density at radius 2 is 1.64 bits per heavy atom. The summed E-state index contributed by atoms with van der Waals surface area (Å²) in [6.07, 6.45) is -4.49. The summed E-state index contributed by atoms with van der Waals surface area (Å²) in [5.41, 5.74) is 2.71. The fraction of sp³-hybridized carbons (Fsp3) is 0.300. The van der Waals surface area contributed by atoms with Crippen molar-refractivity contribution in [2.24, 2.45) is 0 Å². The van der Waals surface area contributed by atoms with Crippen molar-refractivity contribution < 1.29 is 27.5 Å². The zero-order chi connectivity index (χ0) is 20.9. The predicted molar refractivity (Wildman–Crippen MR) is 99.2 cm³/mol. The largest absolute Gasteiger partial charge is 0.484 e. The number of alkyl halides is 3. The first-order chi connectivity index (χ1) is 13.1. The van der Waals surface area contributed by atoms with E-state index < -0.39 is 30.2 Å². The molecule has 0 unspecified atom stereocenters. The number of hydrogen-bond acceptors (Lipinski definition) is 3. The zero-order valence-electron chi connectivity index (χ0n) is 15.7. The molecule has 0 radical (unpaired) electrons. The fourth-order valence-electron chi connectivity index (χ4n) is 2.70. The summed E-state index contributed by atoms with van der Waals surface area (Å²) in [6.45, 7) is 4.92. The highest BCUT2D eigenvalue weighted by Crippen LogP contribution is 2.31. The third-order valence-corrected chi connectivity index (χ3v) is 3.92. The molecule has 0 aromatic heterocycles. The molecule has 2 rings (SSSR count). The molecule has 2 aromatic carbocycles. The molecular weight excluding hydrogens is 373 g/mol. The van der Waals surface area contributed by atoms with E-state index >= 15 is 0 Å². The van der Waals surface area contributed by atoms with Crippen molar-refractivity contribution in [2.75, 3.05) is 18.5 Å². The molecular formula is C20H21F3N2O3. The summed E-state index contributed by atoms with van der Waals surface area (Å²) in [6, 6.07) is 8.09. The lowest BCUT2D eigenvalue weighted by atomic mass is 10.1. The van der Waals surface area contributed by atoms with Crippen molar-refractivity contribution in [3.63, 3.8) is 0 Å². The Bertz CT molecular complexity index is 856. The number of carbonyl (C=O) groups is 2. The van der Waals surface area contributed by atoms with Crippen LogP contribution in [0.2, 0.25) is 0 Å². The average molecular weight is 394 g/mol. The number of anilines is 1. The van der Waals surface area contributed by atoms with E-state index in [1.807, 2.05) is 32.9 Å². The van der Waals surface area contributed by atoms with Crippen LogP contribution in [-0.4, -0.2) is 25.0 Å². The van der Waals surface area contributed by atoms with Crippen molar-refractivity contribution in [3.8, 4) is 5.75 Å². The maximum Gasteiger partial charge on any atom is 0.416 e. The fourth-order valence-corrected chi connectivity index (χ4v) is 2.70. The molecule has 0 saturated carbocycles. The van der Waals surface area contributed by atoms with Crippen LogP contribution in [0.4, 0.5) is 18.9 Å². The minimum absolute atomic E-state index is 0.0830. The van der Waals surface area contributed by atoms with Crippen molar-refractivity contribution >= 4 is 17.5 Å². The van der Waals surface area contributed by atoms with E-state index in [0.717, 1.165) is 28.8 Å². The second-order valence-corrected chi connectivity index (χ2v) is 6.41. The summed E-state index contributed by atoms with van der Waals surface area (Å²) in [5.74, 6) is -1.12. The second-order valence-electron chi connectivity index (χ2n) is 6.41. The molecule has 0 aliphatic carbocycles. The number of amides is 2. The van der Waals surface area contributed by atoms with Crippen LogP contribution >= 0.6 is 0 Å². The van der Waals surface area contributed by atoms with E-state index in [9.17, 15) is 22.8 Å². The maximum atomic E-state index is 12.7. The Morgan fingerprint density at radius 1 is 1.00 bits per heavy atom. The number of hydrogen-bond donors (Lipinski definition) is 2. The Balaban J connectivity index is 1.84. The van der Waals surface area contributed by atoms with Gasteiger partial charge in [-0.05, 0) is 50.1 Å². The van der Waals surface area contributed by atoms with Gasteiger partial charge in [-0.2, -0.15) is 13.2 Å². The van der Waals surface area contributed by atoms with Crippen LogP contribution in [0.25, 0.3) is 0 Å². The molecule has 0 aliphatic rings. The molecule has 8 heteroatoms. The molecule has 28 heavy (non-hydrogen) atoms.